The number of nitrogens with one attached hydrogen (secondary N) is 1. The van der Waals surface area contributed by atoms with Crippen molar-refractivity contribution in [3.8, 4) is 0 Å². The van der Waals surface area contributed by atoms with Crippen molar-refractivity contribution in [2.75, 3.05) is 13.1 Å². The van der Waals surface area contributed by atoms with Gasteiger partial charge in [0.2, 0.25) is 0 Å². The quantitative estimate of drug-likeness (QED) is 0.866. The molecular weight excluding hydrogens is 264 g/mol. The third-order valence-electron chi connectivity index (χ3n) is 4.95. The average Bonchev–Trinajstić information content (AvgIpc) is 3.12. The molecule has 122 valence electrons. The first kappa shape index (κ1) is 16.6. The molecule has 1 heterocycles. The van der Waals surface area contributed by atoms with Crippen LogP contribution < -0.4 is 5.32 Å². The smallest absolute Gasteiger partial charge is 0.410 e. The van der Waals surface area contributed by atoms with Crippen molar-refractivity contribution in [3.05, 3.63) is 0 Å². The molecule has 1 aliphatic heterocycles. The fourth-order valence-corrected chi connectivity index (χ4v) is 2.96. The summed E-state index contributed by atoms with van der Waals surface area (Å²) in [6.45, 7) is 12.1. The predicted octanol–water partition coefficient (Wildman–Crippen LogP) is 3.55. The van der Waals surface area contributed by atoms with Gasteiger partial charge < -0.3 is 15.0 Å². The Kier molecular flexibility index (Phi) is 4.86. The first-order valence-electron chi connectivity index (χ1n) is 8.44. The van der Waals surface area contributed by atoms with Crippen molar-refractivity contribution in [1.82, 2.24) is 10.2 Å². The van der Waals surface area contributed by atoms with Crippen LogP contribution in [0.25, 0.3) is 0 Å². The Morgan fingerprint density at radius 2 is 1.95 bits per heavy atom. The molecule has 0 aromatic heterocycles. The number of hydrogen-bond acceptors (Lipinski definition) is 3. The number of carbonyl (C=O) groups excluding carboxylic acids is 1. The van der Waals surface area contributed by atoms with E-state index in [0.717, 1.165) is 32.4 Å². The van der Waals surface area contributed by atoms with E-state index in [0.29, 0.717) is 17.5 Å². The van der Waals surface area contributed by atoms with Gasteiger partial charge in [0.25, 0.3) is 0 Å². The first-order valence-corrected chi connectivity index (χ1v) is 8.44. The van der Waals surface area contributed by atoms with E-state index in [2.05, 4.69) is 19.2 Å². The van der Waals surface area contributed by atoms with Gasteiger partial charge >= 0.3 is 6.09 Å². The molecule has 1 N–H and O–H groups in total. The number of amides is 1. The lowest BCUT2D eigenvalue weighted by Crippen LogP contribution is -2.42. The van der Waals surface area contributed by atoms with Crippen LogP contribution in [0.4, 0.5) is 4.79 Å². The van der Waals surface area contributed by atoms with Gasteiger partial charge in [0.15, 0.2) is 0 Å². The van der Waals surface area contributed by atoms with E-state index >= 15 is 0 Å². The molecule has 0 spiro atoms. The Morgan fingerprint density at radius 1 is 1.29 bits per heavy atom. The van der Waals surface area contributed by atoms with Gasteiger partial charge in [-0.2, -0.15) is 0 Å². The van der Waals surface area contributed by atoms with Crippen LogP contribution in [-0.2, 0) is 4.74 Å². The summed E-state index contributed by atoms with van der Waals surface area (Å²) in [5, 5.41) is 3.79. The minimum Gasteiger partial charge on any atom is -0.444 e. The number of hydrogen-bond donors (Lipinski definition) is 1. The minimum atomic E-state index is -0.407. The summed E-state index contributed by atoms with van der Waals surface area (Å²) in [5.41, 5.74) is 0.104. The molecule has 0 aromatic rings. The van der Waals surface area contributed by atoms with Gasteiger partial charge in [0.05, 0.1) is 0 Å². The maximum atomic E-state index is 12.1. The molecule has 4 heteroatoms. The second-order valence-corrected chi connectivity index (χ2v) is 8.14. The Bertz CT molecular complexity index is 371. The highest BCUT2D eigenvalue weighted by atomic mass is 16.6. The van der Waals surface area contributed by atoms with E-state index in [1.165, 1.54) is 12.8 Å². The molecule has 4 nitrogen and oxygen atoms in total. The lowest BCUT2D eigenvalue weighted by molar-refractivity contribution is 0.0256. The van der Waals surface area contributed by atoms with Crippen LogP contribution >= 0.6 is 0 Å². The molecule has 2 unspecified atom stereocenters. The number of ether oxygens (including phenoxy) is 1. The molecule has 0 radical (unpaired) electrons. The largest absolute Gasteiger partial charge is 0.444 e. The highest BCUT2D eigenvalue weighted by molar-refractivity contribution is 5.68. The van der Waals surface area contributed by atoms with E-state index in [1.807, 2.05) is 25.7 Å². The minimum absolute atomic E-state index is 0.162. The molecule has 1 saturated heterocycles. The zero-order chi connectivity index (χ0) is 15.7. The van der Waals surface area contributed by atoms with Crippen molar-refractivity contribution in [2.45, 2.75) is 84.4 Å². The molecule has 1 aliphatic carbocycles. The second-order valence-electron chi connectivity index (χ2n) is 8.14. The molecule has 1 saturated carbocycles. The summed E-state index contributed by atoms with van der Waals surface area (Å²) in [7, 11) is 0. The van der Waals surface area contributed by atoms with Crippen LogP contribution in [0.15, 0.2) is 0 Å². The molecule has 2 aliphatic rings. The van der Waals surface area contributed by atoms with Crippen molar-refractivity contribution < 1.29 is 9.53 Å². The van der Waals surface area contributed by atoms with Crippen LogP contribution in [0.2, 0.25) is 0 Å². The topological polar surface area (TPSA) is 41.6 Å². The van der Waals surface area contributed by atoms with Crippen LogP contribution in [0, 0.1) is 5.41 Å². The summed E-state index contributed by atoms with van der Waals surface area (Å²) in [4.78, 5) is 14.0. The summed E-state index contributed by atoms with van der Waals surface area (Å²) in [6, 6.07) is 1.11. The van der Waals surface area contributed by atoms with Crippen LogP contribution in [-0.4, -0.2) is 41.8 Å². The molecular formula is C17H32N2O2. The van der Waals surface area contributed by atoms with Gasteiger partial charge in [-0.15, -0.1) is 0 Å². The molecule has 2 fully saturated rings. The normalized spacial score (nSPS) is 26.9. The van der Waals surface area contributed by atoms with Crippen molar-refractivity contribution >= 4 is 6.09 Å². The monoisotopic (exact) mass is 296 g/mol. The highest BCUT2D eigenvalue weighted by Crippen LogP contribution is 2.48. The van der Waals surface area contributed by atoms with E-state index in [-0.39, 0.29) is 6.09 Å². The number of carbonyl (C=O) groups is 1. The second kappa shape index (κ2) is 6.15. The van der Waals surface area contributed by atoms with E-state index in [9.17, 15) is 4.79 Å². The molecule has 0 bridgehead atoms. The predicted molar refractivity (Wildman–Crippen MR) is 85.4 cm³/mol. The number of nitrogens with zero attached hydrogens (tertiary/aromatic N) is 1. The van der Waals surface area contributed by atoms with Crippen LogP contribution in [0.5, 0.6) is 0 Å². The lowest BCUT2D eigenvalue weighted by Gasteiger charge is -2.27. The summed E-state index contributed by atoms with van der Waals surface area (Å²) < 4.78 is 5.48. The number of rotatable bonds is 3. The van der Waals surface area contributed by atoms with Crippen LogP contribution in [0.3, 0.4) is 0 Å². The average molecular weight is 296 g/mol. The standard InChI is InChI=1S/C17H32N2O2/c1-13(17(5)9-10-17)18-14-7-6-11-19(12-8-14)15(20)21-16(2,3)4/h13-14,18H,6-12H2,1-5H3. The fraction of sp³-hybridized carbons (Fsp3) is 0.941. The zero-order valence-electron chi connectivity index (χ0n) is 14.4. The maximum absolute atomic E-state index is 12.1. The van der Waals surface area contributed by atoms with Crippen molar-refractivity contribution in [3.63, 3.8) is 0 Å². The van der Waals surface area contributed by atoms with Gasteiger partial charge in [0, 0.05) is 25.2 Å². The third-order valence-corrected chi connectivity index (χ3v) is 4.95. The van der Waals surface area contributed by atoms with E-state index < -0.39 is 5.60 Å². The molecule has 21 heavy (non-hydrogen) atoms. The van der Waals surface area contributed by atoms with Gasteiger partial charge in [-0.1, -0.05) is 6.92 Å². The van der Waals surface area contributed by atoms with E-state index in [4.69, 9.17) is 4.74 Å². The zero-order valence-corrected chi connectivity index (χ0v) is 14.4. The first-order chi connectivity index (χ1) is 9.70. The Hall–Kier alpha value is -0.770. The summed E-state index contributed by atoms with van der Waals surface area (Å²) in [5.74, 6) is 0. The SMILES string of the molecule is CC(NC1CCCN(C(=O)OC(C)(C)C)CC1)C1(C)CC1. The number of likely N-dealkylation sites (tertiary alicyclic amines) is 1. The Balaban J connectivity index is 1.80. The van der Waals surface area contributed by atoms with E-state index in [1.54, 1.807) is 0 Å². The Morgan fingerprint density at radius 3 is 2.52 bits per heavy atom. The highest BCUT2D eigenvalue weighted by Gasteiger charge is 2.43. The van der Waals surface area contributed by atoms with Gasteiger partial charge in [-0.05, 0) is 65.2 Å². The molecule has 2 atom stereocenters. The molecule has 1 amide bonds. The molecule has 2 rings (SSSR count). The van der Waals surface area contributed by atoms with Crippen molar-refractivity contribution in [2.24, 2.45) is 5.41 Å². The third kappa shape index (κ3) is 4.87. The fourth-order valence-electron chi connectivity index (χ4n) is 2.96. The summed E-state index contributed by atoms with van der Waals surface area (Å²) >= 11 is 0. The lowest BCUT2D eigenvalue weighted by atomic mass is 9.98. The summed E-state index contributed by atoms with van der Waals surface area (Å²) in [6.07, 6.45) is 5.76. The maximum Gasteiger partial charge on any atom is 0.410 e. The molecule has 0 aromatic carbocycles. The Labute approximate surface area is 129 Å². The van der Waals surface area contributed by atoms with Crippen LogP contribution in [0.1, 0.15) is 66.7 Å². The van der Waals surface area contributed by atoms with Gasteiger partial charge in [-0.25, -0.2) is 4.79 Å². The van der Waals surface area contributed by atoms with Gasteiger partial charge in [0.1, 0.15) is 5.60 Å². The van der Waals surface area contributed by atoms with Gasteiger partial charge in [-0.3, -0.25) is 0 Å². The van der Waals surface area contributed by atoms with Crippen molar-refractivity contribution in [1.29, 1.82) is 0 Å².